The molecule has 4 heterocycles. The molecule has 28 nitrogen and oxygen atoms in total. The monoisotopic (exact) mass is 1330 g/mol. The summed E-state index contributed by atoms with van der Waals surface area (Å²) in [6, 6.07) is 8.89. The van der Waals surface area contributed by atoms with Crippen molar-refractivity contribution in [3.63, 3.8) is 0 Å². The molecule has 0 aliphatic carbocycles. The number of fused-ring (bicyclic) bond motifs is 2. The smallest absolute Gasteiger partial charge is 0.306 e. The van der Waals surface area contributed by atoms with Crippen molar-refractivity contribution in [1.82, 2.24) is 20.3 Å². The number of amides is 1. The van der Waals surface area contributed by atoms with Crippen LogP contribution in [0.25, 0.3) is 21.5 Å². The average molecular weight is 1330 g/mol. The molecule has 1 aromatic heterocycles. The molecule has 8 rings (SSSR count). The van der Waals surface area contributed by atoms with Crippen molar-refractivity contribution in [2.45, 2.75) is 129 Å². The number of benzene rings is 4. The van der Waals surface area contributed by atoms with Gasteiger partial charge in [-0.05, 0) is 155 Å². The molecule has 3 saturated heterocycles. The van der Waals surface area contributed by atoms with E-state index in [1.807, 2.05) is 9.80 Å². The molecule has 0 spiro atoms. The van der Waals surface area contributed by atoms with Crippen molar-refractivity contribution < 1.29 is 79.5 Å². The molecule has 3 aliphatic heterocycles. The number of carboxylic acids is 1. The van der Waals surface area contributed by atoms with Gasteiger partial charge in [-0.15, -0.1) is 0 Å². The summed E-state index contributed by atoms with van der Waals surface area (Å²) >= 11 is 0. The number of unbranched alkanes of at least 4 members (excludes halogenated alkanes) is 2. The van der Waals surface area contributed by atoms with Crippen molar-refractivity contribution in [2.24, 2.45) is 16.6 Å². The van der Waals surface area contributed by atoms with Crippen LogP contribution in [0.3, 0.4) is 0 Å². The van der Waals surface area contributed by atoms with Gasteiger partial charge in [0.1, 0.15) is 9.79 Å². The maximum Gasteiger partial charge on any atom is 0.306 e. The van der Waals surface area contributed by atoms with E-state index in [2.05, 4.69) is 20.1 Å². The molecule has 0 atom stereocenters. The first-order valence-electron chi connectivity index (χ1n) is 28.6. The van der Waals surface area contributed by atoms with E-state index in [-0.39, 0.29) is 82.3 Å². The van der Waals surface area contributed by atoms with E-state index in [4.69, 9.17) is 20.7 Å². The predicted molar refractivity (Wildman–Crippen MR) is 333 cm³/mol. The van der Waals surface area contributed by atoms with E-state index in [1.165, 1.54) is 31.2 Å². The quantitative estimate of drug-likeness (QED) is 0.0150. The number of carbonyl (C=O) groups excluding carboxylic acids is 1. The lowest BCUT2D eigenvalue weighted by atomic mass is 9.97. The molecule has 1 amide bonds. The molecule has 33 heteroatoms. The zero-order valence-corrected chi connectivity index (χ0v) is 53.1. The second-order valence-corrected chi connectivity index (χ2v) is 29.7. The fourth-order valence-corrected chi connectivity index (χ4v) is 14.4. The Kier molecular flexibility index (Phi) is 21.2. The minimum absolute atomic E-state index is 0.0204. The van der Waals surface area contributed by atoms with E-state index in [0.717, 1.165) is 25.0 Å². The van der Waals surface area contributed by atoms with Crippen LogP contribution in [0.4, 0.5) is 29.2 Å². The third kappa shape index (κ3) is 17.6. The number of carbonyl (C=O) groups is 2. The minimum atomic E-state index is -5.03. The molecular formula is C56H72N10O18S5. The zero-order chi connectivity index (χ0) is 65.0. The molecule has 3 fully saturated rings. The van der Waals surface area contributed by atoms with Crippen LogP contribution < -0.4 is 30.7 Å². The number of allylic oxidation sites excluding steroid dienone is 4. The van der Waals surface area contributed by atoms with Crippen LogP contribution in [0.15, 0.2) is 97.0 Å². The van der Waals surface area contributed by atoms with Gasteiger partial charge in [0.25, 0.3) is 50.6 Å². The standard InChI is InChI=1S/C56H72N10O18S5/c1-35(9-7-10-40(11-8-30-85(70,71)72)58-48-15-13-44-46(36(48)2)31-42(86(73,74)75)33-50(44)88(79,80)81)66(49-16-14-45-47(37(49)3)32-43(87(76,77)78)34-51(45)89(82,83)84)23-6-4-5-12-52(67)59-41-21-28-65(29-22-41)56-61-54(63-24-17-38(18-25-63)53(68)69)60-55(62-56)64-26-19-39(57)20-27-64/h7,9-10,13-16,31-34,38-39,41H,4-6,8,11-12,17-30,57H2,1-3H3,(H,59,67)(H,68,69)(H,70,71,72)(H,73,74,75)(H,76,77,78)(H,79,80,81)(H,82,83,84)/b10-7+,35-9+,58-40?. The molecule has 0 bridgehead atoms. The lowest BCUT2D eigenvalue weighted by Crippen LogP contribution is -2.46. The number of carboxylic acid groups (broad SMARTS) is 1. The molecule has 0 saturated carbocycles. The summed E-state index contributed by atoms with van der Waals surface area (Å²) in [6.07, 6.45) is 9.97. The first-order chi connectivity index (χ1) is 41.6. The van der Waals surface area contributed by atoms with Gasteiger partial charge >= 0.3 is 5.97 Å². The highest BCUT2D eigenvalue weighted by atomic mass is 32.2. The molecule has 9 N–H and O–H groups in total. The number of hydrogen-bond acceptors (Lipinski definition) is 21. The minimum Gasteiger partial charge on any atom is -0.481 e. The summed E-state index contributed by atoms with van der Waals surface area (Å²) in [7, 11) is -24.5. The molecule has 4 aromatic carbocycles. The maximum atomic E-state index is 13.5. The molecule has 5 aromatic rings. The fraction of sp³-hybridized carbons (Fsp3) is 0.464. The predicted octanol–water partition coefficient (Wildman–Crippen LogP) is 6.06. The molecule has 3 aliphatic rings. The Morgan fingerprint density at radius 2 is 1.12 bits per heavy atom. The molecule has 89 heavy (non-hydrogen) atoms. The van der Waals surface area contributed by atoms with Gasteiger partial charge in [-0.3, -0.25) is 37.3 Å². The number of aromatic nitrogens is 3. The Labute approximate surface area is 516 Å². The third-order valence-corrected chi connectivity index (χ3v) is 20.4. The van der Waals surface area contributed by atoms with Crippen LogP contribution in [-0.4, -0.2) is 166 Å². The summed E-state index contributed by atoms with van der Waals surface area (Å²) in [4.78, 5) is 49.3. The van der Waals surface area contributed by atoms with E-state index in [0.29, 0.717) is 131 Å². The summed E-state index contributed by atoms with van der Waals surface area (Å²) in [5, 5.41) is 12.7. The van der Waals surface area contributed by atoms with Crippen molar-refractivity contribution in [1.29, 1.82) is 0 Å². The molecule has 484 valence electrons. The van der Waals surface area contributed by atoms with Crippen LogP contribution in [-0.2, 0) is 60.2 Å². The third-order valence-electron chi connectivity index (χ3n) is 16.2. The number of piperidine rings is 3. The van der Waals surface area contributed by atoms with Crippen LogP contribution in [0.2, 0.25) is 0 Å². The summed E-state index contributed by atoms with van der Waals surface area (Å²) in [6.45, 7) is 8.53. The molecule has 0 radical (unpaired) electrons. The second kappa shape index (κ2) is 27.8. The van der Waals surface area contributed by atoms with Crippen LogP contribution in [0, 0.1) is 19.8 Å². The van der Waals surface area contributed by atoms with Gasteiger partial charge in [0.15, 0.2) is 0 Å². The van der Waals surface area contributed by atoms with E-state index < -0.39 is 87.8 Å². The average Bonchev–Trinajstić information content (AvgIpc) is 0.904. The van der Waals surface area contributed by atoms with E-state index in [1.54, 1.807) is 32.1 Å². The first-order valence-corrected chi connectivity index (χ1v) is 36.0. The number of aliphatic carboxylic acids is 1. The Hall–Kier alpha value is -6.79. The number of aryl methyl sites for hydroxylation is 2. The Balaban J connectivity index is 1.00. The largest absolute Gasteiger partial charge is 0.481 e. The van der Waals surface area contributed by atoms with Gasteiger partial charge in [0.2, 0.25) is 23.8 Å². The van der Waals surface area contributed by atoms with Gasteiger partial charge in [-0.2, -0.15) is 57.0 Å². The highest BCUT2D eigenvalue weighted by Gasteiger charge is 2.31. The lowest BCUT2D eigenvalue weighted by molar-refractivity contribution is -0.142. The van der Waals surface area contributed by atoms with Crippen molar-refractivity contribution in [2.75, 3.05) is 71.2 Å². The lowest BCUT2D eigenvalue weighted by Gasteiger charge is -2.35. The van der Waals surface area contributed by atoms with Crippen LogP contribution in [0.5, 0.6) is 0 Å². The molecular weight excluding hydrogens is 1260 g/mol. The number of nitrogens with zero attached hydrogens (tertiary/aromatic N) is 8. The fourth-order valence-electron chi connectivity index (χ4n) is 11.2. The van der Waals surface area contributed by atoms with Gasteiger partial charge in [0, 0.05) is 92.2 Å². The van der Waals surface area contributed by atoms with E-state index >= 15 is 0 Å². The summed E-state index contributed by atoms with van der Waals surface area (Å²) in [5.41, 5.74) is 8.08. The topological polar surface area (TPSA) is 428 Å². The highest BCUT2D eigenvalue weighted by Crippen LogP contribution is 2.38. The second-order valence-electron chi connectivity index (χ2n) is 22.5. The SMILES string of the molecule is C/C(=C\C=C\C(CCCS(=O)(=O)O)=Nc1ccc2c(S(=O)(=O)O)cc(S(=O)(=O)O)cc2c1C)N(CCCCCC(=O)NC1CCN(c2nc(N3CCC(N)CC3)nc(N3CCC(C(=O)O)CC3)n2)CC1)c1ccc2c(S(=O)(=O)O)cc(S(=O)(=O)O)cc2c1C. The number of aliphatic imine (C=N–C) groups is 1. The summed E-state index contributed by atoms with van der Waals surface area (Å²) < 4.78 is 172. The van der Waals surface area contributed by atoms with Crippen molar-refractivity contribution in [3.8, 4) is 0 Å². The van der Waals surface area contributed by atoms with Crippen LogP contribution in [0.1, 0.15) is 95.1 Å². The number of anilines is 4. The zero-order valence-electron chi connectivity index (χ0n) is 49.0. The van der Waals surface area contributed by atoms with Crippen molar-refractivity contribution >= 4 is 119 Å². The normalized spacial score (nSPS) is 16.9. The van der Waals surface area contributed by atoms with Crippen LogP contribution >= 0.6 is 0 Å². The van der Waals surface area contributed by atoms with Gasteiger partial charge in [-0.25, -0.2) is 0 Å². The van der Waals surface area contributed by atoms with Gasteiger partial charge in [0.05, 0.1) is 27.1 Å². The highest BCUT2D eigenvalue weighted by molar-refractivity contribution is 7.87. The van der Waals surface area contributed by atoms with Gasteiger partial charge in [-0.1, -0.05) is 24.6 Å². The number of nitrogens with one attached hydrogen (secondary N) is 1. The Morgan fingerprint density at radius 3 is 1.62 bits per heavy atom. The Bertz CT molecular complexity index is 4220. The van der Waals surface area contributed by atoms with E-state index in [9.17, 15) is 79.5 Å². The number of hydrogen-bond donors (Lipinski definition) is 8. The van der Waals surface area contributed by atoms with Gasteiger partial charge < -0.3 is 35.8 Å². The number of nitrogens with two attached hydrogens (primary N) is 1. The van der Waals surface area contributed by atoms with Crippen molar-refractivity contribution in [3.05, 3.63) is 83.6 Å². The number of rotatable bonds is 24. The molecule has 0 unspecified atom stereocenters. The summed E-state index contributed by atoms with van der Waals surface area (Å²) in [5.74, 6) is -0.494. The Morgan fingerprint density at radius 1 is 0.629 bits per heavy atom. The maximum absolute atomic E-state index is 13.5. The first kappa shape index (κ1) is 68.1.